The normalized spacial score (nSPS) is 10.4. The van der Waals surface area contributed by atoms with Gasteiger partial charge in [0.2, 0.25) is 5.95 Å². The minimum atomic E-state index is -0.251. The fraction of sp³-hybridized carbons (Fsp3) is 0.353. The van der Waals surface area contributed by atoms with Crippen LogP contribution < -0.4 is 10.6 Å². The molecule has 1 aromatic heterocycles. The van der Waals surface area contributed by atoms with Crippen LogP contribution in [-0.2, 0) is 0 Å². The molecule has 1 aromatic carbocycles. The van der Waals surface area contributed by atoms with Gasteiger partial charge in [-0.25, -0.2) is 9.97 Å². The van der Waals surface area contributed by atoms with Gasteiger partial charge in [0.15, 0.2) is 0 Å². The van der Waals surface area contributed by atoms with Crippen molar-refractivity contribution in [3.8, 4) is 0 Å². The second kappa shape index (κ2) is 8.62. The summed E-state index contributed by atoms with van der Waals surface area (Å²) in [7, 11) is 0. The molecule has 1 amide bonds. The number of aryl methyl sites for hydroxylation is 1. The van der Waals surface area contributed by atoms with Gasteiger partial charge >= 0.3 is 0 Å². The Hall–Kier alpha value is -1.95. The summed E-state index contributed by atoms with van der Waals surface area (Å²) in [5.41, 5.74) is 1.83. The van der Waals surface area contributed by atoms with Gasteiger partial charge in [-0.15, -0.1) is 0 Å². The standard InChI is InChI=1S/C17H21BrN4O/c1-3-4-7-10-19-17-20-12(2)11-15(22-17)16(23)21-14-9-6-5-8-13(14)18/h5-6,8-9,11H,3-4,7,10H2,1-2H3,(H,21,23)(H,19,20,22). The van der Waals surface area contributed by atoms with Crippen LogP contribution in [0.15, 0.2) is 34.8 Å². The number of amides is 1. The van der Waals surface area contributed by atoms with Gasteiger partial charge < -0.3 is 10.6 Å². The highest BCUT2D eigenvalue weighted by Gasteiger charge is 2.12. The lowest BCUT2D eigenvalue weighted by molar-refractivity contribution is 0.102. The zero-order chi connectivity index (χ0) is 16.7. The highest BCUT2D eigenvalue weighted by molar-refractivity contribution is 9.10. The number of nitrogens with zero attached hydrogens (tertiary/aromatic N) is 2. The number of nitrogens with one attached hydrogen (secondary N) is 2. The second-order valence-electron chi connectivity index (χ2n) is 5.29. The fourth-order valence-corrected chi connectivity index (χ4v) is 2.47. The number of unbranched alkanes of at least 4 members (excludes halogenated alkanes) is 2. The molecule has 0 saturated heterocycles. The van der Waals surface area contributed by atoms with Crippen LogP contribution in [-0.4, -0.2) is 22.4 Å². The Bertz CT molecular complexity index is 675. The molecule has 0 radical (unpaired) electrons. The molecule has 0 unspecified atom stereocenters. The molecule has 0 aliphatic heterocycles. The van der Waals surface area contributed by atoms with Crippen molar-refractivity contribution in [2.24, 2.45) is 0 Å². The third kappa shape index (κ3) is 5.32. The van der Waals surface area contributed by atoms with E-state index in [2.05, 4.69) is 43.5 Å². The van der Waals surface area contributed by atoms with Crippen LogP contribution in [0.1, 0.15) is 42.4 Å². The minimum Gasteiger partial charge on any atom is -0.354 e. The summed E-state index contributed by atoms with van der Waals surface area (Å²) in [6, 6.07) is 9.16. The van der Waals surface area contributed by atoms with Gasteiger partial charge in [-0.3, -0.25) is 4.79 Å². The molecule has 6 heteroatoms. The third-order valence-electron chi connectivity index (χ3n) is 3.27. The van der Waals surface area contributed by atoms with E-state index < -0.39 is 0 Å². The minimum absolute atomic E-state index is 0.251. The second-order valence-corrected chi connectivity index (χ2v) is 6.14. The number of hydrogen-bond acceptors (Lipinski definition) is 4. The molecule has 122 valence electrons. The van der Waals surface area contributed by atoms with Crippen molar-refractivity contribution in [2.75, 3.05) is 17.2 Å². The number of aromatic nitrogens is 2. The highest BCUT2D eigenvalue weighted by atomic mass is 79.9. The van der Waals surface area contributed by atoms with Crippen LogP contribution in [0, 0.1) is 6.92 Å². The predicted octanol–water partition coefficient (Wildman–Crippen LogP) is 4.40. The first-order chi connectivity index (χ1) is 11.1. The number of halogens is 1. The molecule has 0 spiro atoms. The quantitative estimate of drug-likeness (QED) is 0.702. The van der Waals surface area contributed by atoms with Gasteiger partial charge in [-0.2, -0.15) is 0 Å². The molecular formula is C17H21BrN4O. The van der Waals surface area contributed by atoms with Crippen molar-refractivity contribution >= 4 is 33.5 Å². The van der Waals surface area contributed by atoms with Gasteiger partial charge in [0.25, 0.3) is 5.91 Å². The van der Waals surface area contributed by atoms with Crippen LogP contribution in [0.2, 0.25) is 0 Å². The number of benzene rings is 1. The van der Waals surface area contributed by atoms with E-state index in [0.717, 1.165) is 36.0 Å². The van der Waals surface area contributed by atoms with E-state index in [1.54, 1.807) is 6.07 Å². The Morgan fingerprint density at radius 3 is 2.74 bits per heavy atom. The SMILES string of the molecule is CCCCCNc1nc(C)cc(C(=O)Nc2ccccc2Br)n1. The smallest absolute Gasteiger partial charge is 0.274 e. The van der Waals surface area contributed by atoms with Crippen molar-refractivity contribution in [3.63, 3.8) is 0 Å². The zero-order valence-corrected chi connectivity index (χ0v) is 15.0. The molecule has 2 N–H and O–H groups in total. The summed E-state index contributed by atoms with van der Waals surface area (Å²) in [6.45, 7) is 4.82. The first kappa shape index (κ1) is 17.4. The Morgan fingerprint density at radius 1 is 1.22 bits per heavy atom. The van der Waals surface area contributed by atoms with E-state index in [9.17, 15) is 4.79 Å². The maximum atomic E-state index is 12.4. The molecule has 2 rings (SSSR count). The first-order valence-corrected chi connectivity index (χ1v) is 8.55. The Kier molecular flexibility index (Phi) is 6.52. The summed E-state index contributed by atoms with van der Waals surface area (Å²) in [5.74, 6) is 0.248. The molecule has 0 fully saturated rings. The highest BCUT2D eigenvalue weighted by Crippen LogP contribution is 2.21. The number of rotatable bonds is 7. The van der Waals surface area contributed by atoms with E-state index in [-0.39, 0.29) is 5.91 Å². The lowest BCUT2D eigenvalue weighted by Crippen LogP contribution is -2.16. The van der Waals surface area contributed by atoms with Gasteiger partial charge in [-0.1, -0.05) is 31.9 Å². The zero-order valence-electron chi connectivity index (χ0n) is 13.4. The number of carbonyl (C=O) groups is 1. The summed E-state index contributed by atoms with van der Waals surface area (Å²) >= 11 is 3.42. The molecule has 0 aliphatic carbocycles. The lowest BCUT2D eigenvalue weighted by Gasteiger charge is -2.09. The van der Waals surface area contributed by atoms with E-state index in [4.69, 9.17) is 0 Å². The molecular weight excluding hydrogens is 356 g/mol. The van der Waals surface area contributed by atoms with E-state index in [0.29, 0.717) is 17.3 Å². The maximum absolute atomic E-state index is 12.4. The van der Waals surface area contributed by atoms with Crippen molar-refractivity contribution in [2.45, 2.75) is 33.1 Å². The molecule has 2 aromatic rings. The Balaban J connectivity index is 2.08. The van der Waals surface area contributed by atoms with Gasteiger partial charge in [-0.05, 0) is 47.5 Å². The fourth-order valence-electron chi connectivity index (χ4n) is 2.09. The van der Waals surface area contributed by atoms with Gasteiger partial charge in [0.1, 0.15) is 5.69 Å². The molecule has 23 heavy (non-hydrogen) atoms. The van der Waals surface area contributed by atoms with Crippen LogP contribution in [0.25, 0.3) is 0 Å². The van der Waals surface area contributed by atoms with Crippen LogP contribution in [0.4, 0.5) is 11.6 Å². The molecule has 5 nitrogen and oxygen atoms in total. The summed E-state index contributed by atoms with van der Waals surface area (Å²) < 4.78 is 0.831. The average molecular weight is 377 g/mol. The topological polar surface area (TPSA) is 66.9 Å². The van der Waals surface area contributed by atoms with Crippen LogP contribution in [0.3, 0.4) is 0 Å². The van der Waals surface area contributed by atoms with E-state index in [1.807, 2.05) is 31.2 Å². The Labute approximate surface area is 145 Å². The largest absolute Gasteiger partial charge is 0.354 e. The van der Waals surface area contributed by atoms with Crippen LogP contribution >= 0.6 is 15.9 Å². The van der Waals surface area contributed by atoms with Gasteiger partial charge in [0, 0.05) is 16.7 Å². The van der Waals surface area contributed by atoms with Crippen LogP contribution in [0.5, 0.6) is 0 Å². The summed E-state index contributed by atoms with van der Waals surface area (Å²) in [5, 5.41) is 6.03. The maximum Gasteiger partial charge on any atom is 0.274 e. The first-order valence-electron chi connectivity index (χ1n) is 7.75. The lowest BCUT2D eigenvalue weighted by atomic mass is 10.2. The van der Waals surface area contributed by atoms with Crippen molar-refractivity contribution < 1.29 is 4.79 Å². The average Bonchev–Trinajstić information content (AvgIpc) is 2.53. The molecule has 1 heterocycles. The number of anilines is 2. The number of carbonyl (C=O) groups excluding carboxylic acids is 1. The Morgan fingerprint density at radius 2 is 2.00 bits per heavy atom. The molecule has 0 aliphatic rings. The summed E-state index contributed by atoms with van der Waals surface area (Å²) in [4.78, 5) is 21.0. The summed E-state index contributed by atoms with van der Waals surface area (Å²) in [6.07, 6.45) is 3.39. The van der Waals surface area contributed by atoms with E-state index in [1.165, 1.54) is 0 Å². The van der Waals surface area contributed by atoms with E-state index >= 15 is 0 Å². The number of hydrogen-bond donors (Lipinski definition) is 2. The monoisotopic (exact) mass is 376 g/mol. The van der Waals surface area contributed by atoms with Crippen molar-refractivity contribution in [1.29, 1.82) is 0 Å². The van der Waals surface area contributed by atoms with Crippen molar-refractivity contribution in [3.05, 3.63) is 46.2 Å². The third-order valence-corrected chi connectivity index (χ3v) is 3.96. The van der Waals surface area contributed by atoms with Crippen molar-refractivity contribution in [1.82, 2.24) is 9.97 Å². The molecule has 0 atom stereocenters. The van der Waals surface area contributed by atoms with Gasteiger partial charge in [0.05, 0.1) is 5.69 Å². The number of para-hydroxylation sites is 1. The predicted molar refractivity (Wildman–Crippen MR) is 96.9 cm³/mol. The molecule has 0 bridgehead atoms. The molecule has 0 saturated carbocycles.